The van der Waals surface area contributed by atoms with Crippen molar-refractivity contribution in [2.45, 2.75) is 17.3 Å². The Balaban J connectivity index is 2.47. The molecule has 1 unspecified atom stereocenters. The molecular formula is C11H12O2S. The first-order chi connectivity index (χ1) is 6.70. The van der Waals surface area contributed by atoms with Gasteiger partial charge in [0.05, 0.1) is 7.11 Å². The molecule has 14 heavy (non-hydrogen) atoms. The number of thioether (sulfide) groups is 1. The molecule has 1 atom stereocenters. The molecule has 1 aromatic rings. The molecule has 74 valence electrons. The van der Waals surface area contributed by atoms with E-state index in [1.165, 1.54) is 17.3 Å². The van der Waals surface area contributed by atoms with Crippen LogP contribution in [0.4, 0.5) is 0 Å². The van der Waals surface area contributed by atoms with Gasteiger partial charge in [0.1, 0.15) is 11.2 Å². The summed E-state index contributed by atoms with van der Waals surface area (Å²) in [5.74, 6) is 0.832. The zero-order valence-electron chi connectivity index (χ0n) is 8.15. The van der Waals surface area contributed by atoms with Crippen molar-refractivity contribution in [3.8, 4) is 5.75 Å². The summed E-state index contributed by atoms with van der Waals surface area (Å²) < 4.78 is 5.14. The van der Waals surface area contributed by atoms with Crippen LogP contribution >= 0.6 is 11.8 Å². The van der Waals surface area contributed by atoms with E-state index in [4.69, 9.17) is 4.74 Å². The Morgan fingerprint density at radius 3 is 2.93 bits per heavy atom. The minimum Gasteiger partial charge on any atom is -0.497 e. The highest BCUT2D eigenvalue weighted by molar-refractivity contribution is 8.00. The molecule has 0 aromatic heterocycles. The minimum atomic E-state index is -0.436. The van der Waals surface area contributed by atoms with Crippen molar-refractivity contribution < 1.29 is 9.84 Å². The van der Waals surface area contributed by atoms with Crippen LogP contribution in [0.15, 0.2) is 29.2 Å². The third kappa shape index (κ3) is 1.65. The summed E-state index contributed by atoms with van der Waals surface area (Å²) in [6.45, 7) is 2.01. The van der Waals surface area contributed by atoms with E-state index in [0.717, 1.165) is 16.2 Å². The first-order valence-electron chi connectivity index (χ1n) is 4.42. The van der Waals surface area contributed by atoms with Gasteiger partial charge in [-0.15, -0.1) is 0 Å². The average Bonchev–Trinajstić information content (AvgIpc) is 2.16. The van der Waals surface area contributed by atoms with E-state index in [1.54, 1.807) is 7.11 Å². The Bertz CT molecular complexity index is 385. The van der Waals surface area contributed by atoms with Crippen LogP contribution in [0.3, 0.4) is 0 Å². The molecule has 0 saturated carbocycles. The van der Waals surface area contributed by atoms with Gasteiger partial charge in [-0.05, 0) is 42.3 Å². The fraction of sp³-hybridized carbons (Fsp3) is 0.273. The van der Waals surface area contributed by atoms with E-state index in [2.05, 4.69) is 0 Å². The Morgan fingerprint density at radius 2 is 2.21 bits per heavy atom. The van der Waals surface area contributed by atoms with Crippen LogP contribution in [0, 0.1) is 0 Å². The second-order valence-electron chi connectivity index (χ2n) is 3.22. The normalized spacial score (nSPS) is 19.9. The number of rotatable bonds is 1. The fourth-order valence-electron chi connectivity index (χ4n) is 1.52. The van der Waals surface area contributed by atoms with Gasteiger partial charge in [0.15, 0.2) is 0 Å². The van der Waals surface area contributed by atoms with Crippen LogP contribution in [0.25, 0.3) is 5.57 Å². The van der Waals surface area contributed by atoms with Crippen molar-refractivity contribution >= 4 is 17.3 Å². The quantitative estimate of drug-likeness (QED) is 0.769. The van der Waals surface area contributed by atoms with E-state index >= 15 is 0 Å². The third-order valence-electron chi connectivity index (χ3n) is 2.25. The molecule has 2 nitrogen and oxygen atoms in total. The first kappa shape index (κ1) is 9.62. The summed E-state index contributed by atoms with van der Waals surface area (Å²) in [6, 6.07) is 5.92. The number of fused-ring (bicyclic) bond motifs is 1. The van der Waals surface area contributed by atoms with Crippen LogP contribution in [-0.2, 0) is 0 Å². The van der Waals surface area contributed by atoms with Crippen molar-refractivity contribution in [1.82, 2.24) is 0 Å². The standard InChI is InChI=1S/C11H12O2S/c1-7-5-11(12)14-10-6-8(13-2)3-4-9(7)10/h3-6,11-12H,1-2H3. The summed E-state index contributed by atoms with van der Waals surface area (Å²) in [5, 5.41) is 9.54. The molecule has 0 bridgehead atoms. The van der Waals surface area contributed by atoms with Gasteiger partial charge in [-0.1, -0.05) is 11.8 Å². The smallest absolute Gasteiger partial charge is 0.123 e. The largest absolute Gasteiger partial charge is 0.497 e. The Kier molecular flexibility index (Phi) is 2.52. The molecule has 0 aliphatic carbocycles. The fourth-order valence-corrected chi connectivity index (χ4v) is 2.59. The number of aliphatic hydroxyl groups is 1. The van der Waals surface area contributed by atoms with E-state index < -0.39 is 5.44 Å². The van der Waals surface area contributed by atoms with Gasteiger partial charge in [0.25, 0.3) is 0 Å². The third-order valence-corrected chi connectivity index (χ3v) is 3.22. The van der Waals surface area contributed by atoms with Gasteiger partial charge < -0.3 is 9.84 Å². The lowest BCUT2D eigenvalue weighted by atomic mass is 10.1. The lowest BCUT2D eigenvalue weighted by molar-refractivity contribution is 0.309. The summed E-state index contributed by atoms with van der Waals surface area (Å²) in [6.07, 6.45) is 1.86. The maximum absolute atomic E-state index is 9.54. The SMILES string of the molecule is COc1ccc2c(c1)SC(O)C=C2C. The van der Waals surface area contributed by atoms with Crippen molar-refractivity contribution in [2.24, 2.45) is 0 Å². The highest BCUT2D eigenvalue weighted by Crippen LogP contribution is 2.38. The van der Waals surface area contributed by atoms with Crippen molar-refractivity contribution in [3.63, 3.8) is 0 Å². The maximum Gasteiger partial charge on any atom is 0.123 e. The van der Waals surface area contributed by atoms with Crippen LogP contribution in [-0.4, -0.2) is 17.7 Å². The summed E-state index contributed by atoms with van der Waals surface area (Å²) in [4.78, 5) is 1.08. The van der Waals surface area contributed by atoms with E-state index in [1.807, 2.05) is 31.2 Å². The lowest BCUT2D eigenvalue weighted by Crippen LogP contribution is -2.03. The number of hydrogen-bond donors (Lipinski definition) is 1. The van der Waals surface area contributed by atoms with Crippen LogP contribution in [0.5, 0.6) is 5.75 Å². The van der Waals surface area contributed by atoms with Gasteiger partial charge in [0, 0.05) is 4.90 Å². The van der Waals surface area contributed by atoms with Gasteiger partial charge in [-0.3, -0.25) is 0 Å². The van der Waals surface area contributed by atoms with Gasteiger partial charge in [-0.2, -0.15) is 0 Å². The van der Waals surface area contributed by atoms with Crippen LogP contribution < -0.4 is 4.74 Å². The Hall–Kier alpha value is -0.930. The monoisotopic (exact) mass is 208 g/mol. The predicted octanol–water partition coefficient (Wildman–Crippen LogP) is 2.52. The molecule has 1 N–H and O–H groups in total. The average molecular weight is 208 g/mol. The molecule has 0 amide bonds. The van der Waals surface area contributed by atoms with Crippen molar-refractivity contribution in [2.75, 3.05) is 7.11 Å². The number of benzene rings is 1. The molecule has 1 aromatic carbocycles. The molecule has 0 spiro atoms. The Morgan fingerprint density at radius 1 is 1.43 bits per heavy atom. The summed E-state index contributed by atoms with van der Waals surface area (Å²) >= 11 is 1.44. The summed E-state index contributed by atoms with van der Waals surface area (Å²) in [5.41, 5.74) is 1.87. The second kappa shape index (κ2) is 3.67. The highest BCUT2D eigenvalue weighted by atomic mass is 32.2. The number of ether oxygens (including phenoxy) is 1. The topological polar surface area (TPSA) is 29.5 Å². The maximum atomic E-state index is 9.54. The zero-order valence-corrected chi connectivity index (χ0v) is 8.97. The number of allylic oxidation sites excluding steroid dienone is 1. The molecule has 2 rings (SSSR count). The molecule has 0 radical (unpaired) electrons. The molecule has 1 aliphatic rings. The van der Waals surface area contributed by atoms with Gasteiger partial charge in [-0.25, -0.2) is 0 Å². The van der Waals surface area contributed by atoms with E-state index in [0.29, 0.717) is 0 Å². The lowest BCUT2D eigenvalue weighted by Gasteiger charge is -2.18. The van der Waals surface area contributed by atoms with Gasteiger partial charge >= 0.3 is 0 Å². The Labute approximate surface area is 87.6 Å². The molecule has 1 heterocycles. The van der Waals surface area contributed by atoms with Crippen LogP contribution in [0.1, 0.15) is 12.5 Å². The second-order valence-corrected chi connectivity index (χ2v) is 4.38. The zero-order chi connectivity index (χ0) is 10.1. The van der Waals surface area contributed by atoms with Crippen LogP contribution in [0.2, 0.25) is 0 Å². The van der Waals surface area contributed by atoms with E-state index in [9.17, 15) is 5.11 Å². The van der Waals surface area contributed by atoms with Crippen molar-refractivity contribution in [1.29, 1.82) is 0 Å². The van der Waals surface area contributed by atoms with E-state index in [-0.39, 0.29) is 0 Å². The molecule has 0 saturated heterocycles. The highest BCUT2D eigenvalue weighted by Gasteiger charge is 2.16. The molecule has 0 fully saturated rings. The van der Waals surface area contributed by atoms with Crippen molar-refractivity contribution in [3.05, 3.63) is 29.8 Å². The molecule has 1 aliphatic heterocycles. The summed E-state index contributed by atoms with van der Waals surface area (Å²) in [7, 11) is 1.65. The first-order valence-corrected chi connectivity index (χ1v) is 5.30. The number of aliphatic hydroxyl groups excluding tert-OH is 1. The molecular weight excluding hydrogens is 196 g/mol. The minimum absolute atomic E-state index is 0.436. The predicted molar refractivity (Wildman–Crippen MR) is 58.5 cm³/mol. The number of hydrogen-bond acceptors (Lipinski definition) is 3. The van der Waals surface area contributed by atoms with Gasteiger partial charge in [0.2, 0.25) is 0 Å². The molecule has 3 heteroatoms. The number of methoxy groups -OCH3 is 1.